The normalized spacial score (nSPS) is 18.8. The minimum atomic E-state index is -0.861. The lowest BCUT2D eigenvalue weighted by molar-refractivity contribution is -0.132. The molecule has 1 unspecified atom stereocenters. The molecule has 1 aromatic heterocycles. The topological polar surface area (TPSA) is 85.9 Å². The number of nitrogens with zero attached hydrogens (tertiary/aromatic N) is 2. The standard InChI is InChI=1S/C29H24ClN3O4/c1-16-24(20-8-3-4-9-21(20)31-16)26-25(28(35)29(36)33(26)19-7-5-6-18(30)15-19)27(34)17-10-11-23-22(14-17)32(2)12-13-37-23/h3-11,14-15,26,31,34H,12-13H2,1-2H3/b27-25+. The fraction of sp³-hybridized carbons (Fsp3) is 0.172. The number of benzene rings is 3. The number of rotatable bonds is 3. The van der Waals surface area contributed by atoms with Gasteiger partial charge in [0.1, 0.15) is 18.1 Å². The highest BCUT2D eigenvalue weighted by Crippen LogP contribution is 2.46. The Morgan fingerprint density at radius 1 is 1.08 bits per heavy atom. The number of aliphatic hydroxyl groups excluding tert-OH is 1. The molecule has 186 valence electrons. The molecule has 1 atom stereocenters. The van der Waals surface area contributed by atoms with Crippen molar-refractivity contribution >= 4 is 51.3 Å². The number of anilines is 2. The lowest BCUT2D eigenvalue weighted by Gasteiger charge is -2.28. The Labute approximate surface area is 218 Å². The Morgan fingerprint density at radius 3 is 2.70 bits per heavy atom. The van der Waals surface area contributed by atoms with E-state index in [2.05, 4.69) is 4.98 Å². The van der Waals surface area contributed by atoms with Gasteiger partial charge in [0.05, 0.1) is 23.8 Å². The number of aromatic amines is 1. The number of Topliss-reactive ketones (excluding diaryl/α,β-unsaturated/α-hetero) is 1. The summed E-state index contributed by atoms with van der Waals surface area (Å²) in [5.41, 5.74) is 4.15. The van der Waals surface area contributed by atoms with E-state index < -0.39 is 17.7 Å². The van der Waals surface area contributed by atoms with Crippen LogP contribution in [-0.4, -0.2) is 42.0 Å². The summed E-state index contributed by atoms with van der Waals surface area (Å²) in [5, 5.41) is 12.9. The average molecular weight is 514 g/mol. The van der Waals surface area contributed by atoms with Crippen molar-refractivity contribution in [1.82, 2.24) is 4.98 Å². The smallest absolute Gasteiger partial charge is 0.300 e. The molecule has 2 N–H and O–H groups in total. The Bertz CT molecular complexity index is 1620. The summed E-state index contributed by atoms with van der Waals surface area (Å²) in [6.45, 7) is 3.17. The number of aryl methyl sites for hydroxylation is 1. The van der Waals surface area contributed by atoms with Crippen LogP contribution in [0.4, 0.5) is 11.4 Å². The van der Waals surface area contributed by atoms with E-state index in [1.165, 1.54) is 4.90 Å². The molecule has 0 saturated carbocycles. The molecule has 1 amide bonds. The van der Waals surface area contributed by atoms with Crippen molar-refractivity contribution in [2.24, 2.45) is 0 Å². The number of amides is 1. The van der Waals surface area contributed by atoms with E-state index in [0.717, 1.165) is 27.8 Å². The molecule has 7 nitrogen and oxygen atoms in total. The second-order valence-electron chi connectivity index (χ2n) is 9.31. The van der Waals surface area contributed by atoms with Gasteiger partial charge in [-0.25, -0.2) is 0 Å². The molecule has 0 radical (unpaired) electrons. The number of aliphatic hydroxyl groups is 1. The van der Waals surface area contributed by atoms with Crippen LogP contribution in [0.15, 0.2) is 72.3 Å². The minimum Gasteiger partial charge on any atom is -0.507 e. The van der Waals surface area contributed by atoms with Crippen molar-refractivity contribution in [3.8, 4) is 5.75 Å². The Kier molecular flexibility index (Phi) is 5.46. The van der Waals surface area contributed by atoms with E-state index >= 15 is 0 Å². The molecule has 0 aliphatic carbocycles. The largest absolute Gasteiger partial charge is 0.507 e. The lowest BCUT2D eigenvalue weighted by Crippen LogP contribution is -2.29. The number of carbonyl (C=O) groups is 2. The van der Waals surface area contributed by atoms with Crippen LogP contribution in [0.1, 0.15) is 22.9 Å². The van der Waals surface area contributed by atoms with Crippen molar-refractivity contribution in [2.75, 3.05) is 30.0 Å². The van der Waals surface area contributed by atoms with Crippen molar-refractivity contribution in [3.63, 3.8) is 0 Å². The van der Waals surface area contributed by atoms with Crippen LogP contribution in [0.5, 0.6) is 5.75 Å². The maximum Gasteiger partial charge on any atom is 0.300 e. The zero-order valence-corrected chi connectivity index (χ0v) is 21.0. The Hall–Kier alpha value is -4.23. The second kappa shape index (κ2) is 8.71. The maximum absolute atomic E-state index is 13.6. The fourth-order valence-electron chi connectivity index (χ4n) is 5.30. The number of halogens is 1. The van der Waals surface area contributed by atoms with Gasteiger partial charge in [-0.3, -0.25) is 14.5 Å². The summed E-state index contributed by atoms with van der Waals surface area (Å²) in [6, 6.07) is 18.9. The molecule has 3 aromatic carbocycles. The first-order valence-corrected chi connectivity index (χ1v) is 12.3. The molecular formula is C29H24ClN3O4. The first-order chi connectivity index (χ1) is 17.8. The number of hydrogen-bond donors (Lipinski definition) is 2. The molecule has 6 rings (SSSR count). The molecule has 4 aromatic rings. The zero-order chi connectivity index (χ0) is 25.8. The molecule has 3 heterocycles. The van der Waals surface area contributed by atoms with Crippen LogP contribution < -0.4 is 14.5 Å². The van der Waals surface area contributed by atoms with Gasteiger partial charge in [0.2, 0.25) is 0 Å². The van der Waals surface area contributed by atoms with E-state index in [4.69, 9.17) is 16.3 Å². The SMILES string of the molecule is Cc1[nH]c2ccccc2c1C1/C(=C(\O)c2ccc3c(c2)N(C)CCO3)C(=O)C(=O)N1c1cccc(Cl)c1. The number of para-hydroxylation sites is 1. The van der Waals surface area contributed by atoms with Crippen LogP contribution >= 0.6 is 11.6 Å². The highest BCUT2D eigenvalue weighted by atomic mass is 35.5. The number of hydrogen-bond acceptors (Lipinski definition) is 5. The quantitative estimate of drug-likeness (QED) is 0.212. The van der Waals surface area contributed by atoms with Gasteiger partial charge in [-0.05, 0) is 49.4 Å². The van der Waals surface area contributed by atoms with Gasteiger partial charge in [0, 0.05) is 45.5 Å². The van der Waals surface area contributed by atoms with E-state index in [0.29, 0.717) is 35.2 Å². The van der Waals surface area contributed by atoms with Gasteiger partial charge >= 0.3 is 0 Å². The number of carbonyl (C=O) groups excluding carboxylic acids is 2. The van der Waals surface area contributed by atoms with Crippen molar-refractivity contribution in [3.05, 3.63) is 94.1 Å². The predicted octanol–water partition coefficient (Wildman–Crippen LogP) is 5.58. The summed E-state index contributed by atoms with van der Waals surface area (Å²) in [7, 11) is 1.94. The highest BCUT2D eigenvalue weighted by molar-refractivity contribution is 6.52. The summed E-state index contributed by atoms with van der Waals surface area (Å²) in [5.74, 6) is -1.01. The predicted molar refractivity (Wildman–Crippen MR) is 144 cm³/mol. The van der Waals surface area contributed by atoms with Gasteiger partial charge < -0.3 is 19.7 Å². The van der Waals surface area contributed by atoms with Crippen LogP contribution in [0.3, 0.4) is 0 Å². The molecule has 2 aliphatic rings. The number of ether oxygens (including phenoxy) is 1. The fourth-order valence-corrected chi connectivity index (χ4v) is 5.49. The summed E-state index contributed by atoms with van der Waals surface area (Å²) < 4.78 is 5.74. The molecule has 37 heavy (non-hydrogen) atoms. The van der Waals surface area contributed by atoms with E-state index in [1.54, 1.807) is 42.5 Å². The van der Waals surface area contributed by atoms with Crippen molar-refractivity contribution < 1.29 is 19.4 Å². The van der Waals surface area contributed by atoms with E-state index in [-0.39, 0.29) is 11.3 Å². The summed E-state index contributed by atoms with van der Waals surface area (Å²) in [4.78, 5) is 34.0. The third kappa shape index (κ3) is 3.65. The molecular weight excluding hydrogens is 490 g/mol. The first-order valence-electron chi connectivity index (χ1n) is 12.0. The van der Waals surface area contributed by atoms with E-state index in [9.17, 15) is 14.7 Å². The molecule has 1 saturated heterocycles. The minimum absolute atomic E-state index is 0.0251. The van der Waals surface area contributed by atoms with Crippen molar-refractivity contribution in [1.29, 1.82) is 0 Å². The summed E-state index contributed by atoms with van der Waals surface area (Å²) in [6.07, 6.45) is 0. The van der Waals surface area contributed by atoms with Gasteiger partial charge in [0.25, 0.3) is 11.7 Å². The average Bonchev–Trinajstić information content (AvgIpc) is 3.35. The maximum atomic E-state index is 13.6. The molecule has 2 aliphatic heterocycles. The monoisotopic (exact) mass is 513 g/mol. The van der Waals surface area contributed by atoms with Gasteiger partial charge in [-0.2, -0.15) is 0 Å². The lowest BCUT2D eigenvalue weighted by atomic mass is 9.93. The Morgan fingerprint density at radius 2 is 1.89 bits per heavy atom. The van der Waals surface area contributed by atoms with Crippen LogP contribution in [0, 0.1) is 6.92 Å². The number of ketones is 1. The second-order valence-corrected chi connectivity index (χ2v) is 9.75. The number of fused-ring (bicyclic) bond motifs is 2. The third-order valence-corrected chi connectivity index (χ3v) is 7.31. The van der Waals surface area contributed by atoms with Crippen LogP contribution in [-0.2, 0) is 9.59 Å². The zero-order valence-electron chi connectivity index (χ0n) is 20.3. The number of H-pyrrole nitrogens is 1. The number of aromatic nitrogens is 1. The van der Waals surface area contributed by atoms with Gasteiger partial charge in [-0.1, -0.05) is 35.9 Å². The first kappa shape index (κ1) is 23.2. The van der Waals surface area contributed by atoms with E-state index in [1.807, 2.05) is 43.1 Å². The van der Waals surface area contributed by atoms with Crippen LogP contribution in [0.2, 0.25) is 5.02 Å². The van der Waals surface area contributed by atoms with Gasteiger partial charge in [-0.15, -0.1) is 0 Å². The number of nitrogens with one attached hydrogen (secondary N) is 1. The molecule has 1 fully saturated rings. The third-order valence-electron chi connectivity index (χ3n) is 7.08. The summed E-state index contributed by atoms with van der Waals surface area (Å²) >= 11 is 6.28. The highest BCUT2D eigenvalue weighted by Gasteiger charge is 2.48. The van der Waals surface area contributed by atoms with Crippen molar-refractivity contribution in [2.45, 2.75) is 13.0 Å². The molecule has 0 bridgehead atoms. The Balaban J connectivity index is 1.61. The molecule has 0 spiro atoms. The van der Waals surface area contributed by atoms with Gasteiger partial charge in [0.15, 0.2) is 0 Å². The van der Waals surface area contributed by atoms with Crippen LogP contribution in [0.25, 0.3) is 16.7 Å². The number of likely N-dealkylation sites (N-methyl/N-ethyl adjacent to an activating group) is 1. The molecule has 8 heteroatoms.